The third kappa shape index (κ3) is 7.43. The van der Waals surface area contributed by atoms with Gasteiger partial charge in [0.15, 0.2) is 23.3 Å². The van der Waals surface area contributed by atoms with Crippen LogP contribution < -0.4 is 20.1 Å². The summed E-state index contributed by atoms with van der Waals surface area (Å²) in [6.07, 6.45) is 1.77. The average Bonchev–Trinajstić information content (AvgIpc) is 3.20. The van der Waals surface area contributed by atoms with E-state index in [1.807, 2.05) is 44.2 Å². The summed E-state index contributed by atoms with van der Waals surface area (Å²) < 4.78 is 12.3. The zero-order valence-corrected chi connectivity index (χ0v) is 24.8. The number of nitrogens with one attached hydrogen (secondary N) is 2. The number of ether oxygens (including phenoxy) is 2. The van der Waals surface area contributed by atoms with E-state index in [9.17, 15) is 9.59 Å². The Morgan fingerprint density at radius 2 is 1.87 bits per heavy atom. The van der Waals surface area contributed by atoms with Crippen molar-refractivity contribution in [1.82, 2.24) is 5.32 Å². The molecule has 196 valence electrons. The molecule has 0 bridgehead atoms. The second kappa shape index (κ2) is 12.9. The monoisotopic (exact) mass is 681 g/mol. The highest BCUT2D eigenvalue weighted by atomic mass is 127. The first-order valence-corrected chi connectivity index (χ1v) is 14.1. The maximum atomic E-state index is 12.6. The number of rotatable bonds is 8. The van der Waals surface area contributed by atoms with Crippen LogP contribution in [0.1, 0.15) is 18.1 Å². The molecule has 2 amide bonds. The molecule has 3 aromatic rings. The molecule has 38 heavy (non-hydrogen) atoms. The fraction of sp³-hybridized carbons (Fsp3) is 0.148. The van der Waals surface area contributed by atoms with E-state index in [1.54, 1.807) is 30.3 Å². The van der Waals surface area contributed by atoms with Gasteiger partial charge in [-0.2, -0.15) is 0 Å². The number of halogens is 3. The lowest BCUT2D eigenvalue weighted by Gasteiger charge is -2.15. The van der Waals surface area contributed by atoms with Crippen molar-refractivity contribution in [3.63, 3.8) is 0 Å². The van der Waals surface area contributed by atoms with E-state index in [0.717, 1.165) is 20.4 Å². The van der Waals surface area contributed by atoms with Gasteiger partial charge in [0.25, 0.3) is 11.8 Å². The number of anilines is 1. The van der Waals surface area contributed by atoms with Crippen LogP contribution in [0.4, 0.5) is 11.4 Å². The first kappa shape index (κ1) is 28.3. The minimum atomic E-state index is -0.368. The van der Waals surface area contributed by atoms with Crippen molar-refractivity contribution in [2.24, 2.45) is 4.99 Å². The molecule has 7 nitrogen and oxygen atoms in total. The van der Waals surface area contributed by atoms with Gasteiger partial charge < -0.3 is 20.1 Å². The van der Waals surface area contributed by atoms with Gasteiger partial charge in [0.2, 0.25) is 0 Å². The molecule has 0 saturated carbocycles. The predicted octanol–water partition coefficient (Wildman–Crippen LogP) is 7.21. The summed E-state index contributed by atoms with van der Waals surface area (Å²) in [4.78, 5) is 30.0. The lowest BCUT2D eigenvalue weighted by Crippen LogP contribution is -2.20. The van der Waals surface area contributed by atoms with Crippen molar-refractivity contribution in [2.45, 2.75) is 13.8 Å². The van der Waals surface area contributed by atoms with E-state index < -0.39 is 0 Å². The first-order valence-electron chi connectivity index (χ1n) is 11.4. The summed E-state index contributed by atoms with van der Waals surface area (Å²) in [5, 5.41) is 6.77. The third-order valence-corrected chi connectivity index (χ3v) is 7.55. The predicted molar refractivity (Wildman–Crippen MR) is 163 cm³/mol. The number of thioether (sulfide) groups is 1. The van der Waals surface area contributed by atoms with Gasteiger partial charge in [0, 0.05) is 5.69 Å². The molecule has 0 radical (unpaired) electrons. The van der Waals surface area contributed by atoms with Crippen molar-refractivity contribution in [3.8, 4) is 11.5 Å². The number of benzene rings is 3. The lowest BCUT2D eigenvalue weighted by atomic mass is 10.2. The van der Waals surface area contributed by atoms with E-state index in [2.05, 4.69) is 38.2 Å². The number of amides is 2. The van der Waals surface area contributed by atoms with Crippen molar-refractivity contribution < 1.29 is 19.1 Å². The van der Waals surface area contributed by atoms with Crippen LogP contribution in [0.5, 0.6) is 11.5 Å². The minimum absolute atomic E-state index is 0.229. The van der Waals surface area contributed by atoms with Crippen molar-refractivity contribution in [3.05, 3.63) is 84.2 Å². The Bertz CT molecular complexity index is 1440. The van der Waals surface area contributed by atoms with Crippen molar-refractivity contribution in [1.29, 1.82) is 0 Å². The highest BCUT2D eigenvalue weighted by Crippen LogP contribution is 2.36. The van der Waals surface area contributed by atoms with Crippen LogP contribution in [0.15, 0.2) is 64.5 Å². The molecule has 1 fully saturated rings. The van der Waals surface area contributed by atoms with Gasteiger partial charge in [0.1, 0.15) is 0 Å². The fourth-order valence-corrected chi connectivity index (χ4v) is 5.27. The Kier molecular flexibility index (Phi) is 9.59. The summed E-state index contributed by atoms with van der Waals surface area (Å²) in [7, 11) is 0. The molecule has 4 rings (SSSR count). The molecule has 3 aromatic carbocycles. The van der Waals surface area contributed by atoms with Gasteiger partial charge in [0.05, 0.1) is 30.8 Å². The SMILES string of the molecule is CCOc1cc(/C=C2/SC(=Nc3ccc(C)cc3)NC2=O)cc(I)c1OCC(=O)Nc1ccc(Cl)c(Cl)c1. The van der Waals surface area contributed by atoms with Gasteiger partial charge in [-0.3, -0.25) is 9.59 Å². The zero-order valence-electron chi connectivity index (χ0n) is 20.3. The number of aryl methyl sites for hydroxylation is 1. The third-order valence-electron chi connectivity index (χ3n) is 5.10. The second-order valence-corrected chi connectivity index (χ2v) is 11.1. The van der Waals surface area contributed by atoms with Gasteiger partial charge in [-0.05, 0) is 102 Å². The summed E-state index contributed by atoms with van der Waals surface area (Å²) in [6.45, 7) is 4.01. The van der Waals surface area contributed by atoms with E-state index in [0.29, 0.717) is 43.9 Å². The molecule has 0 unspecified atom stereocenters. The number of nitrogens with zero attached hydrogens (tertiary/aromatic N) is 1. The van der Waals surface area contributed by atoms with E-state index >= 15 is 0 Å². The number of aliphatic imine (C=N–C) groups is 1. The molecule has 2 N–H and O–H groups in total. The molecule has 0 atom stereocenters. The largest absolute Gasteiger partial charge is 0.490 e. The molecule has 0 aromatic heterocycles. The smallest absolute Gasteiger partial charge is 0.264 e. The molecule has 1 aliphatic rings. The van der Waals surface area contributed by atoms with Crippen molar-refractivity contribution in [2.75, 3.05) is 18.5 Å². The maximum absolute atomic E-state index is 12.6. The van der Waals surface area contributed by atoms with Gasteiger partial charge in [-0.15, -0.1) is 0 Å². The zero-order chi connectivity index (χ0) is 27.2. The Balaban J connectivity index is 1.48. The van der Waals surface area contributed by atoms with Crippen molar-refractivity contribution >= 4 is 92.0 Å². The van der Waals surface area contributed by atoms with Gasteiger partial charge in [-0.1, -0.05) is 40.9 Å². The summed E-state index contributed by atoms with van der Waals surface area (Å²) in [6, 6.07) is 16.2. The van der Waals surface area contributed by atoms with Crippen LogP contribution >= 0.6 is 57.6 Å². The quantitative estimate of drug-likeness (QED) is 0.194. The number of hydrogen-bond donors (Lipinski definition) is 2. The van der Waals surface area contributed by atoms with E-state index in [4.69, 9.17) is 32.7 Å². The highest BCUT2D eigenvalue weighted by Gasteiger charge is 2.24. The van der Waals surface area contributed by atoms with Crippen LogP contribution in [-0.4, -0.2) is 30.2 Å². The minimum Gasteiger partial charge on any atom is -0.490 e. The van der Waals surface area contributed by atoms with Gasteiger partial charge in [-0.25, -0.2) is 4.99 Å². The summed E-state index contributed by atoms with van der Waals surface area (Å²) >= 11 is 15.3. The number of carbonyl (C=O) groups excluding carboxylic acids is 2. The van der Waals surface area contributed by atoms with Gasteiger partial charge >= 0.3 is 0 Å². The Labute approximate surface area is 248 Å². The fourth-order valence-electron chi connectivity index (χ4n) is 3.35. The molecular weight excluding hydrogens is 660 g/mol. The molecule has 0 spiro atoms. The van der Waals surface area contributed by atoms with Crippen LogP contribution in [-0.2, 0) is 9.59 Å². The molecule has 1 heterocycles. The summed E-state index contributed by atoms with van der Waals surface area (Å²) in [5.74, 6) is 0.301. The summed E-state index contributed by atoms with van der Waals surface area (Å²) in [5.41, 5.74) is 3.15. The van der Waals surface area contributed by atoms with Crippen LogP contribution in [0.25, 0.3) is 6.08 Å². The average molecular weight is 682 g/mol. The Morgan fingerprint density at radius 3 is 2.58 bits per heavy atom. The number of hydrogen-bond acceptors (Lipinski definition) is 6. The number of amidine groups is 1. The number of carbonyl (C=O) groups is 2. The highest BCUT2D eigenvalue weighted by molar-refractivity contribution is 14.1. The topological polar surface area (TPSA) is 89.0 Å². The van der Waals surface area contributed by atoms with Crippen LogP contribution in [0, 0.1) is 10.5 Å². The molecule has 1 saturated heterocycles. The molecule has 0 aliphatic carbocycles. The maximum Gasteiger partial charge on any atom is 0.264 e. The van der Waals surface area contributed by atoms with E-state index in [1.165, 1.54) is 11.8 Å². The normalized spacial score (nSPS) is 15.0. The molecular formula is C27H22Cl2IN3O4S. The molecule has 11 heteroatoms. The lowest BCUT2D eigenvalue weighted by molar-refractivity contribution is -0.118. The second-order valence-electron chi connectivity index (χ2n) is 8.05. The van der Waals surface area contributed by atoms with Crippen LogP contribution in [0.2, 0.25) is 10.0 Å². The van der Waals surface area contributed by atoms with E-state index in [-0.39, 0.29) is 18.4 Å². The van der Waals surface area contributed by atoms with Crippen LogP contribution in [0.3, 0.4) is 0 Å². The molecule has 1 aliphatic heterocycles. The Morgan fingerprint density at radius 1 is 1.11 bits per heavy atom. The Hall–Kier alpha value is -2.73. The first-order chi connectivity index (χ1) is 18.2. The standard InChI is InChI=1S/C27H22Cl2IN3O4S/c1-3-36-22-11-16(12-23-26(35)33-27(38-23)32-17-6-4-15(2)5-7-17)10-21(30)25(22)37-14-24(34)31-18-8-9-19(28)20(29)13-18/h4-13H,3,14H2,1-2H3,(H,31,34)(H,32,33,35)/b23-12+.